The van der Waals surface area contributed by atoms with Gasteiger partial charge in [-0.15, -0.1) is 11.3 Å². The maximum Gasteiger partial charge on any atom is 0.252 e. The topological polar surface area (TPSA) is 49.4 Å². The molecule has 0 aromatic carbocycles. The lowest BCUT2D eigenvalue weighted by atomic mass is 9.94. The van der Waals surface area contributed by atoms with Crippen molar-refractivity contribution in [2.24, 2.45) is 5.92 Å². The van der Waals surface area contributed by atoms with Crippen LogP contribution < -0.4 is 5.32 Å². The van der Waals surface area contributed by atoms with E-state index in [1.54, 1.807) is 0 Å². The van der Waals surface area contributed by atoms with Gasteiger partial charge in [-0.1, -0.05) is 6.42 Å². The van der Waals surface area contributed by atoms with Crippen LogP contribution in [0.15, 0.2) is 10.3 Å². The van der Waals surface area contributed by atoms with Gasteiger partial charge in [0.1, 0.15) is 4.21 Å². The summed E-state index contributed by atoms with van der Waals surface area (Å²) in [6.45, 7) is 3.43. The van der Waals surface area contributed by atoms with E-state index in [1.807, 2.05) is 24.3 Å². The summed E-state index contributed by atoms with van der Waals surface area (Å²) in [6, 6.07) is 2.10. The molecule has 21 heavy (non-hydrogen) atoms. The normalized spacial score (nSPS) is 27.0. The quantitative estimate of drug-likeness (QED) is 0.924. The average molecular weight is 329 g/mol. The molecule has 2 heterocycles. The van der Waals surface area contributed by atoms with Gasteiger partial charge in [0.2, 0.25) is 0 Å². The van der Waals surface area contributed by atoms with Gasteiger partial charge in [-0.3, -0.25) is 0 Å². The lowest BCUT2D eigenvalue weighted by Gasteiger charge is -2.36. The summed E-state index contributed by atoms with van der Waals surface area (Å²) in [6.07, 6.45) is 5.62. The van der Waals surface area contributed by atoms with Crippen LogP contribution in [-0.4, -0.2) is 32.4 Å². The number of nitrogens with zero attached hydrogens (tertiary/aromatic N) is 1. The van der Waals surface area contributed by atoms with Crippen molar-refractivity contribution in [3.05, 3.63) is 16.5 Å². The predicted molar refractivity (Wildman–Crippen MR) is 86.1 cm³/mol. The first-order valence-electron chi connectivity index (χ1n) is 7.80. The summed E-state index contributed by atoms with van der Waals surface area (Å²) in [5.74, 6) is 0.589. The van der Waals surface area contributed by atoms with Gasteiger partial charge in [0.25, 0.3) is 10.0 Å². The second kappa shape index (κ2) is 5.99. The van der Waals surface area contributed by atoms with Crippen LogP contribution in [-0.2, 0) is 16.6 Å². The third kappa shape index (κ3) is 2.79. The predicted octanol–water partition coefficient (Wildman–Crippen LogP) is 2.73. The summed E-state index contributed by atoms with van der Waals surface area (Å²) in [5.41, 5.74) is 1.08. The first-order chi connectivity index (χ1) is 10.0. The maximum absolute atomic E-state index is 13.0. The van der Waals surface area contributed by atoms with Crippen molar-refractivity contribution < 1.29 is 8.42 Å². The van der Waals surface area contributed by atoms with Gasteiger partial charge in [-0.25, -0.2) is 8.42 Å². The molecule has 2 aliphatic rings. The first kappa shape index (κ1) is 15.5. The molecule has 3 rings (SSSR count). The standard InChI is InChI=1S/C15H24N2O2S2/c1-11-9-15(20-14(11)10-16-2)21(18,19)17-8-4-6-12-5-3-7-13(12)17/h9,12-13,16H,3-8,10H2,1-2H3. The molecule has 118 valence electrons. The minimum Gasteiger partial charge on any atom is -0.315 e. The van der Waals surface area contributed by atoms with Gasteiger partial charge in [0, 0.05) is 24.0 Å². The number of nitrogens with one attached hydrogen (secondary N) is 1. The average Bonchev–Trinajstić information content (AvgIpc) is 3.06. The summed E-state index contributed by atoms with van der Waals surface area (Å²) in [7, 11) is -1.42. The van der Waals surface area contributed by atoms with Gasteiger partial charge >= 0.3 is 0 Å². The molecule has 0 radical (unpaired) electrons. The zero-order valence-corrected chi connectivity index (χ0v) is 14.4. The second-order valence-corrected chi connectivity index (χ2v) is 9.47. The van der Waals surface area contributed by atoms with Crippen LogP contribution in [0.3, 0.4) is 0 Å². The summed E-state index contributed by atoms with van der Waals surface area (Å²) in [4.78, 5) is 1.12. The monoisotopic (exact) mass is 328 g/mol. The van der Waals surface area contributed by atoms with Crippen molar-refractivity contribution in [2.75, 3.05) is 13.6 Å². The van der Waals surface area contributed by atoms with E-state index in [0.29, 0.717) is 16.7 Å². The molecule has 0 amide bonds. The largest absolute Gasteiger partial charge is 0.315 e. The van der Waals surface area contributed by atoms with Crippen molar-refractivity contribution in [3.8, 4) is 0 Å². The highest BCUT2D eigenvalue weighted by Gasteiger charge is 2.41. The van der Waals surface area contributed by atoms with Crippen LogP contribution in [0.1, 0.15) is 42.5 Å². The molecule has 1 N–H and O–H groups in total. The first-order valence-corrected chi connectivity index (χ1v) is 10.1. The van der Waals surface area contributed by atoms with Gasteiger partial charge < -0.3 is 5.32 Å². The van der Waals surface area contributed by atoms with Gasteiger partial charge in [-0.2, -0.15) is 4.31 Å². The van der Waals surface area contributed by atoms with E-state index in [9.17, 15) is 8.42 Å². The van der Waals surface area contributed by atoms with Crippen LogP contribution in [0.4, 0.5) is 0 Å². The molecule has 2 fully saturated rings. The SMILES string of the molecule is CNCc1sc(S(=O)(=O)N2CCCC3CCCC32)cc1C. The van der Waals surface area contributed by atoms with Crippen LogP contribution in [0.25, 0.3) is 0 Å². The highest BCUT2D eigenvalue weighted by molar-refractivity contribution is 7.91. The van der Waals surface area contributed by atoms with Gasteiger partial charge in [-0.05, 0) is 57.2 Å². The lowest BCUT2D eigenvalue weighted by Crippen LogP contribution is -2.45. The number of hydrogen-bond acceptors (Lipinski definition) is 4. The zero-order valence-electron chi connectivity index (χ0n) is 12.8. The third-order valence-electron chi connectivity index (χ3n) is 4.84. The number of fused-ring (bicyclic) bond motifs is 1. The van der Waals surface area contributed by atoms with Gasteiger partial charge in [0.15, 0.2) is 0 Å². The molecule has 6 heteroatoms. The van der Waals surface area contributed by atoms with Crippen molar-refractivity contribution in [3.63, 3.8) is 0 Å². The molecule has 1 aliphatic heterocycles. The van der Waals surface area contributed by atoms with E-state index in [2.05, 4.69) is 5.32 Å². The summed E-state index contributed by atoms with van der Waals surface area (Å²) >= 11 is 1.43. The maximum atomic E-state index is 13.0. The zero-order chi connectivity index (χ0) is 15.0. The Morgan fingerprint density at radius 2 is 2.10 bits per heavy atom. The van der Waals surface area contributed by atoms with E-state index >= 15 is 0 Å². The van der Waals surface area contributed by atoms with Crippen LogP contribution in [0.2, 0.25) is 0 Å². The molecular formula is C15H24N2O2S2. The minimum absolute atomic E-state index is 0.249. The fraction of sp³-hybridized carbons (Fsp3) is 0.733. The summed E-state index contributed by atoms with van der Waals surface area (Å²) < 4.78 is 28.4. The number of sulfonamides is 1. The second-order valence-electron chi connectivity index (χ2n) is 6.22. The molecule has 1 aliphatic carbocycles. The number of hydrogen-bond donors (Lipinski definition) is 1. The van der Waals surface area contributed by atoms with Gasteiger partial charge in [0.05, 0.1) is 0 Å². The van der Waals surface area contributed by atoms with E-state index < -0.39 is 10.0 Å². The van der Waals surface area contributed by atoms with Crippen LogP contribution >= 0.6 is 11.3 Å². The fourth-order valence-corrected chi connectivity index (χ4v) is 7.26. The van der Waals surface area contributed by atoms with E-state index in [0.717, 1.165) is 29.8 Å². The molecule has 2 unspecified atom stereocenters. The molecule has 0 spiro atoms. The van der Waals surface area contributed by atoms with E-state index in [4.69, 9.17) is 0 Å². The Morgan fingerprint density at radius 1 is 1.33 bits per heavy atom. The molecule has 1 saturated heterocycles. The van der Waals surface area contributed by atoms with Crippen LogP contribution in [0, 0.1) is 12.8 Å². The Bertz CT molecular complexity index is 609. The Kier molecular flexibility index (Phi) is 4.41. The summed E-state index contributed by atoms with van der Waals surface area (Å²) in [5, 5.41) is 3.11. The smallest absolute Gasteiger partial charge is 0.252 e. The fourth-order valence-electron chi connectivity index (χ4n) is 3.77. The highest BCUT2D eigenvalue weighted by atomic mass is 32.2. The Balaban J connectivity index is 1.90. The number of piperidine rings is 1. The molecule has 1 aromatic heterocycles. The Morgan fingerprint density at radius 3 is 2.86 bits per heavy atom. The minimum atomic E-state index is -3.31. The number of thiophene rings is 1. The Hall–Kier alpha value is -0.430. The lowest BCUT2D eigenvalue weighted by molar-refractivity contribution is 0.202. The molecule has 2 atom stereocenters. The highest BCUT2D eigenvalue weighted by Crippen LogP contribution is 2.40. The number of rotatable bonds is 4. The number of aryl methyl sites for hydroxylation is 1. The van der Waals surface area contributed by atoms with E-state index in [1.165, 1.54) is 30.6 Å². The third-order valence-corrected chi connectivity index (χ3v) is 8.45. The van der Waals surface area contributed by atoms with Crippen molar-refractivity contribution >= 4 is 21.4 Å². The molecule has 1 aromatic rings. The van der Waals surface area contributed by atoms with E-state index in [-0.39, 0.29) is 6.04 Å². The Labute approximate surface area is 131 Å². The van der Waals surface area contributed by atoms with Crippen molar-refractivity contribution in [2.45, 2.75) is 55.8 Å². The molecular weight excluding hydrogens is 304 g/mol. The van der Waals surface area contributed by atoms with Crippen molar-refractivity contribution in [1.29, 1.82) is 0 Å². The van der Waals surface area contributed by atoms with Crippen LogP contribution in [0.5, 0.6) is 0 Å². The molecule has 4 nitrogen and oxygen atoms in total. The molecule has 1 saturated carbocycles. The molecule has 0 bridgehead atoms. The van der Waals surface area contributed by atoms with Crippen molar-refractivity contribution in [1.82, 2.24) is 9.62 Å².